The Hall–Kier alpha value is -0.0800. The van der Waals surface area contributed by atoms with Crippen LogP contribution in [0.3, 0.4) is 0 Å². The number of hydrogen-bond donors (Lipinski definition) is 0. The molecule has 0 amide bonds. The number of likely N-dealkylation sites (N-methyl/N-ethyl adjacent to an activating group) is 1. The minimum absolute atomic E-state index is 0.707. The zero-order chi connectivity index (χ0) is 7.14. The van der Waals surface area contributed by atoms with Gasteiger partial charge in [-0.05, 0) is 19.4 Å². The minimum Gasteiger partial charge on any atom is -0.378 e. The van der Waals surface area contributed by atoms with E-state index in [0.29, 0.717) is 12.1 Å². The first-order valence-corrected chi connectivity index (χ1v) is 4.08. The van der Waals surface area contributed by atoms with Crippen LogP contribution in [0.15, 0.2) is 0 Å². The molecular weight excluding hydrogens is 126 g/mol. The summed E-state index contributed by atoms with van der Waals surface area (Å²) in [5.74, 6) is 0.845. The zero-order valence-corrected chi connectivity index (χ0v) is 6.71. The molecule has 2 heterocycles. The van der Waals surface area contributed by atoms with E-state index < -0.39 is 0 Å². The normalized spacial score (nSPS) is 48.0. The van der Waals surface area contributed by atoms with Gasteiger partial charge in [0.1, 0.15) is 0 Å². The van der Waals surface area contributed by atoms with Gasteiger partial charge in [0.25, 0.3) is 0 Å². The molecule has 2 bridgehead atoms. The van der Waals surface area contributed by atoms with E-state index >= 15 is 0 Å². The highest BCUT2D eigenvalue weighted by atomic mass is 16.5. The van der Waals surface area contributed by atoms with Gasteiger partial charge in [-0.1, -0.05) is 6.92 Å². The van der Waals surface area contributed by atoms with Crippen LogP contribution in [-0.4, -0.2) is 37.2 Å². The van der Waals surface area contributed by atoms with E-state index in [1.165, 1.54) is 6.42 Å². The fourth-order valence-electron chi connectivity index (χ4n) is 2.22. The van der Waals surface area contributed by atoms with Crippen LogP contribution >= 0.6 is 0 Å². The lowest BCUT2D eigenvalue weighted by Gasteiger charge is -2.31. The summed E-state index contributed by atoms with van der Waals surface area (Å²) in [5, 5.41) is 0. The van der Waals surface area contributed by atoms with E-state index in [9.17, 15) is 0 Å². The molecule has 2 aliphatic heterocycles. The van der Waals surface area contributed by atoms with Gasteiger partial charge in [-0.25, -0.2) is 0 Å². The average molecular weight is 141 g/mol. The molecule has 2 saturated heterocycles. The molecule has 0 N–H and O–H groups in total. The van der Waals surface area contributed by atoms with Crippen molar-refractivity contribution in [1.82, 2.24) is 4.90 Å². The summed E-state index contributed by atoms with van der Waals surface area (Å²) in [5.41, 5.74) is 0. The monoisotopic (exact) mass is 141 g/mol. The molecule has 2 heteroatoms. The van der Waals surface area contributed by atoms with Gasteiger partial charge in [0.2, 0.25) is 0 Å². The van der Waals surface area contributed by atoms with E-state index in [1.807, 2.05) is 0 Å². The maximum Gasteiger partial charge on any atom is 0.0625 e. The van der Waals surface area contributed by atoms with E-state index in [-0.39, 0.29) is 0 Å². The Morgan fingerprint density at radius 2 is 2.20 bits per heavy atom. The molecule has 0 aromatic carbocycles. The second-order valence-electron chi connectivity index (χ2n) is 3.64. The summed E-state index contributed by atoms with van der Waals surface area (Å²) in [6, 6.07) is 1.42. The van der Waals surface area contributed by atoms with Crippen LogP contribution in [0, 0.1) is 5.92 Å². The van der Waals surface area contributed by atoms with Crippen molar-refractivity contribution in [3.63, 3.8) is 0 Å². The molecule has 2 rings (SSSR count). The Bertz CT molecular complexity index is 137. The first kappa shape index (κ1) is 6.62. The van der Waals surface area contributed by atoms with Crippen molar-refractivity contribution in [2.75, 3.05) is 20.3 Å². The molecule has 10 heavy (non-hydrogen) atoms. The van der Waals surface area contributed by atoms with Crippen molar-refractivity contribution >= 4 is 0 Å². The largest absolute Gasteiger partial charge is 0.378 e. The first-order chi connectivity index (χ1) is 4.79. The molecular formula is C8H15NO. The van der Waals surface area contributed by atoms with Gasteiger partial charge < -0.3 is 4.74 Å². The van der Waals surface area contributed by atoms with E-state index in [2.05, 4.69) is 18.9 Å². The Balaban J connectivity index is 2.14. The van der Waals surface area contributed by atoms with E-state index in [4.69, 9.17) is 4.74 Å². The first-order valence-electron chi connectivity index (χ1n) is 4.08. The third-order valence-corrected chi connectivity index (χ3v) is 3.00. The number of rotatable bonds is 0. The molecule has 0 saturated carbocycles. The summed E-state index contributed by atoms with van der Waals surface area (Å²) in [4.78, 5) is 2.48. The number of nitrogens with zero attached hydrogens (tertiary/aromatic N) is 1. The maximum atomic E-state index is 5.46. The smallest absolute Gasteiger partial charge is 0.0625 e. The summed E-state index contributed by atoms with van der Waals surface area (Å²) in [7, 11) is 2.22. The van der Waals surface area contributed by atoms with Crippen LogP contribution in [0.1, 0.15) is 13.3 Å². The lowest BCUT2D eigenvalue weighted by Crippen LogP contribution is -2.43. The molecule has 3 atom stereocenters. The zero-order valence-electron chi connectivity index (χ0n) is 6.71. The van der Waals surface area contributed by atoms with Crippen molar-refractivity contribution in [2.24, 2.45) is 5.92 Å². The standard InChI is InChI=1S/C8H15NO/c1-6-3-7-4-10-5-8(6)9(7)2/h6-8H,3-5H2,1-2H3. The second kappa shape index (κ2) is 2.21. The quantitative estimate of drug-likeness (QED) is 0.493. The lowest BCUT2D eigenvalue weighted by atomic mass is 10.0. The van der Waals surface area contributed by atoms with Crippen LogP contribution in [0.4, 0.5) is 0 Å². The summed E-state index contributed by atoms with van der Waals surface area (Å²) in [6.07, 6.45) is 1.33. The Labute approximate surface area is 62.2 Å². The predicted molar refractivity (Wildman–Crippen MR) is 39.9 cm³/mol. The fraction of sp³-hybridized carbons (Fsp3) is 1.00. The third-order valence-electron chi connectivity index (χ3n) is 3.00. The van der Waals surface area contributed by atoms with Crippen molar-refractivity contribution in [3.05, 3.63) is 0 Å². The molecule has 0 aromatic heterocycles. The second-order valence-corrected chi connectivity index (χ2v) is 3.64. The van der Waals surface area contributed by atoms with Gasteiger partial charge in [-0.15, -0.1) is 0 Å². The Morgan fingerprint density at radius 3 is 2.80 bits per heavy atom. The topological polar surface area (TPSA) is 12.5 Å². The number of hydrogen-bond acceptors (Lipinski definition) is 2. The van der Waals surface area contributed by atoms with Crippen LogP contribution in [0.2, 0.25) is 0 Å². The fourth-order valence-corrected chi connectivity index (χ4v) is 2.22. The van der Waals surface area contributed by atoms with Gasteiger partial charge in [-0.3, -0.25) is 4.90 Å². The highest BCUT2D eigenvalue weighted by molar-refractivity contribution is 4.92. The Kier molecular flexibility index (Phi) is 1.46. The SMILES string of the molecule is CC1CC2COCC1N2C. The molecule has 0 spiro atoms. The van der Waals surface area contributed by atoms with Gasteiger partial charge >= 0.3 is 0 Å². The number of morpholine rings is 1. The van der Waals surface area contributed by atoms with E-state index in [1.54, 1.807) is 0 Å². The van der Waals surface area contributed by atoms with Gasteiger partial charge in [0.05, 0.1) is 13.2 Å². The lowest BCUT2D eigenvalue weighted by molar-refractivity contribution is -0.00570. The minimum atomic E-state index is 0.707. The molecule has 2 aliphatic rings. The highest BCUT2D eigenvalue weighted by Crippen LogP contribution is 2.31. The average Bonchev–Trinajstić information content (AvgIpc) is 2.16. The van der Waals surface area contributed by atoms with Crippen LogP contribution in [0.5, 0.6) is 0 Å². The molecule has 0 aliphatic carbocycles. The molecule has 2 nitrogen and oxygen atoms in total. The highest BCUT2D eigenvalue weighted by Gasteiger charge is 2.39. The van der Waals surface area contributed by atoms with Crippen molar-refractivity contribution in [1.29, 1.82) is 0 Å². The predicted octanol–water partition coefficient (Wildman–Crippen LogP) is 0.725. The van der Waals surface area contributed by atoms with Crippen molar-refractivity contribution < 1.29 is 4.74 Å². The third kappa shape index (κ3) is 0.789. The molecule has 3 unspecified atom stereocenters. The van der Waals surface area contributed by atoms with Crippen molar-refractivity contribution in [2.45, 2.75) is 25.4 Å². The number of ether oxygens (including phenoxy) is 1. The summed E-state index contributed by atoms with van der Waals surface area (Å²) < 4.78 is 5.46. The number of fused-ring (bicyclic) bond motifs is 2. The molecule has 0 radical (unpaired) electrons. The van der Waals surface area contributed by atoms with Gasteiger partial charge in [-0.2, -0.15) is 0 Å². The van der Waals surface area contributed by atoms with Gasteiger partial charge in [0, 0.05) is 12.1 Å². The summed E-state index contributed by atoms with van der Waals surface area (Å²) in [6.45, 7) is 4.24. The van der Waals surface area contributed by atoms with Crippen LogP contribution in [0.25, 0.3) is 0 Å². The summed E-state index contributed by atoms with van der Waals surface area (Å²) >= 11 is 0. The van der Waals surface area contributed by atoms with Gasteiger partial charge in [0.15, 0.2) is 0 Å². The Morgan fingerprint density at radius 1 is 1.40 bits per heavy atom. The van der Waals surface area contributed by atoms with E-state index in [0.717, 1.165) is 19.1 Å². The molecule has 0 aromatic rings. The maximum absolute atomic E-state index is 5.46. The van der Waals surface area contributed by atoms with Crippen LogP contribution < -0.4 is 0 Å². The van der Waals surface area contributed by atoms with Crippen LogP contribution in [-0.2, 0) is 4.74 Å². The molecule has 2 fully saturated rings. The molecule has 58 valence electrons. The van der Waals surface area contributed by atoms with Crippen molar-refractivity contribution in [3.8, 4) is 0 Å².